The van der Waals surface area contributed by atoms with Crippen LogP contribution in [0.5, 0.6) is 0 Å². The van der Waals surface area contributed by atoms with E-state index in [1.54, 1.807) is 41.3 Å². The first-order valence-electron chi connectivity index (χ1n) is 10.8. The van der Waals surface area contributed by atoms with Gasteiger partial charge in [0.2, 0.25) is 11.8 Å². The SMILES string of the molecule is Cc1ccc(NC(=O)OCC2(C(C(N)=O)c3ccccc3Cl)CCN(C(=O)CN)CC2)cc1. The maximum Gasteiger partial charge on any atom is 0.411 e. The molecule has 1 fully saturated rings. The van der Waals surface area contributed by atoms with Crippen LogP contribution in [0, 0.1) is 12.3 Å². The van der Waals surface area contributed by atoms with Gasteiger partial charge in [0, 0.05) is 29.2 Å². The highest BCUT2D eigenvalue weighted by Crippen LogP contribution is 2.46. The van der Waals surface area contributed by atoms with E-state index in [0.29, 0.717) is 42.2 Å². The van der Waals surface area contributed by atoms with Crippen LogP contribution in [0.1, 0.15) is 29.9 Å². The highest BCUT2D eigenvalue weighted by atomic mass is 35.5. The van der Waals surface area contributed by atoms with Gasteiger partial charge in [0.1, 0.15) is 6.61 Å². The number of nitrogens with two attached hydrogens (primary N) is 2. The van der Waals surface area contributed by atoms with Crippen molar-refractivity contribution in [2.45, 2.75) is 25.7 Å². The predicted molar refractivity (Wildman–Crippen MR) is 127 cm³/mol. The van der Waals surface area contributed by atoms with E-state index in [2.05, 4.69) is 5.32 Å². The second-order valence-electron chi connectivity index (χ2n) is 8.37. The van der Waals surface area contributed by atoms with E-state index in [-0.39, 0.29) is 19.1 Å². The average molecular weight is 473 g/mol. The molecule has 1 unspecified atom stereocenters. The number of rotatable bonds is 7. The number of nitrogens with zero attached hydrogens (tertiary/aromatic N) is 1. The summed E-state index contributed by atoms with van der Waals surface area (Å²) in [6, 6.07) is 14.3. The summed E-state index contributed by atoms with van der Waals surface area (Å²) in [4.78, 5) is 39.0. The molecule has 1 aliphatic rings. The molecule has 9 heteroatoms. The third-order valence-electron chi connectivity index (χ3n) is 6.19. The van der Waals surface area contributed by atoms with Crippen LogP contribution < -0.4 is 16.8 Å². The molecule has 1 heterocycles. The number of hydrogen-bond acceptors (Lipinski definition) is 5. The normalized spacial score (nSPS) is 16.0. The minimum absolute atomic E-state index is 0.0613. The number of nitrogens with one attached hydrogen (secondary N) is 1. The fourth-order valence-corrected chi connectivity index (χ4v) is 4.59. The largest absolute Gasteiger partial charge is 0.449 e. The average Bonchev–Trinajstić information content (AvgIpc) is 2.80. The molecular weight excluding hydrogens is 444 g/mol. The van der Waals surface area contributed by atoms with Crippen LogP contribution in [0.15, 0.2) is 48.5 Å². The first-order chi connectivity index (χ1) is 15.8. The quantitative estimate of drug-likeness (QED) is 0.570. The molecule has 0 aliphatic carbocycles. The Balaban J connectivity index is 1.84. The molecule has 3 rings (SSSR count). The van der Waals surface area contributed by atoms with Crippen LogP contribution in [0.2, 0.25) is 5.02 Å². The topological polar surface area (TPSA) is 128 Å². The standard InChI is InChI=1S/C24H29ClN4O4/c1-16-6-8-17(9-7-16)28-23(32)33-15-24(10-12-29(13-11-24)20(30)14-26)21(22(27)31)18-4-2-3-5-19(18)25/h2-9,21H,10-15,26H2,1H3,(H2,27,31)(H,28,32). The third-order valence-corrected chi connectivity index (χ3v) is 6.53. The second kappa shape index (κ2) is 10.7. The molecule has 1 aliphatic heterocycles. The van der Waals surface area contributed by atoms with Crippen molar-refractivity contribution in [3.8, 4) is 0 Å². The van der Waals surface area contributed by atoms with Crippen molar-refractivity contribution < 1.29 is 19.1 Å². The minimum Gasteiger partial charge on any atom is -0.449 e. The smallest absolute Gasteiger partial charge is 0.411 e. The highest BCUT2D eigenvalue weighted by molar-refractivity contribution is 6.31. The van der Waals surface area contributed by atoms with Crippen molar-refractivity contribution in [3.63, 3.8) is 0 Å². The van der Waals surface area contributed by atoms with Crippen molar-refractivity contribution in [1.29, 1.82) is 0 Å². The van der Waals surface area contributed by atoms with Crippen molar-refractivity contribution in [1.82, 2.24) is 4.90 Å². The summed E-state index contributed by atoms with van der Waals surface area (Å²) in [6.07, 6.45) is 0.158. The van der Waals surface area contributed by atoms with Gasteiger partial charge < -0.3 is 21.1 Å². The summed E-state index contributed by atoms with van der Waals surface area (Å²) in [6.45, 7) is 2.53. The fourth-order valence-electron chi connectivity index (χ4n) is 4.34. The number of hydrogen-bond donors (Lipinski definition) is 3. The maximum atomic E-state index is 12.7. The first kappa shape index (κ1) is 24.5. The number of halogens is 1. The van der Waals surface area contributed by atoms with Gasteiger partial charge in [-0.3, -0.25) is 14.9 Å². The molecule has 5 N–H and O–H groups in total. The Morgan fingerprint density at radius 2 is 1.76 bits per heavy atom. The van der Waals surface area contributed by atoms with E-state index in [1.165, 1.54) is 0 Å². The number of carbonyl (C=O) groups is 3. The number of amides is 3. The molecule has 3 amide bonds. The Hall–Kier alpha value is -3.10. The van der Waals surface area contributed by atoms with Crippen LogP contribution in [-0.2, 0) is 14.3 Å². The van der Waals surface area contributed by atoms with Crippen molar-refractivity contribution in [2.75, 3.05) is 31.6 Å². The number of carbonyl (C=O) groups excluding carboxylic acids is 3. The van der Waals surface area contributed by atoms with E-state index in [1.807, 2.05) is 19.1 Å². The molecule has 2 aromatic rings. The number of benzene rings is 2. The van der Waals surface area contributed by atoms with Crippen LogP contribution in [0.25, 0.3) is 0 Å². The molecule has 1 atom stereocenters. The molecule has 0 saturated carbocycles. The molecule has 0 aromatic heterocycles. The third kappa shape index (κ3) is 5.83. The molecular formula is C24H29ClN4O4. The number of anilines is 1. The zero-order valence-electron chi connectivity index (χ0n) is 18.6. The first-order valence-corrected chi connectivity index (χ1v) is 11.2. The zero-order valence-corrected chi connectivity index (χ0v) is 19.3. The number of ether oxygens (including phenoxy) is 1. The van der Waals surface area contributed by atoms with E-state index in [9.17, 15) is 14.4 Å². The second-order valence-corrected chi connectivity index (χ2v) is 8.78. The van der Waals surface area contributed by atoms with Crippen molar-refractivity contribution in [3.05, 3.63) is 64.7 Å². The van der Waals surface area contributed by atoms with E-state index < -0.39 is 23.3 Å². The molecule has 176 valence electrons. The predicted octanol–water partition coefficient (Wildman–Crippen LogP) is 3.03. The maximum absolute atomic E-state index is 12.7. The Bertz CT molecular complexity index is 1000. The number of primary amides is 1. The van der Waals surface area contributed by atoms with Gasteiger partial charge in [-0.2, -0.15) is 0 Å². The van der Waals surface area contributed by atoms with Gasteiger partial charge in [-0.25, -0.2) is 4.79 Å². The molecule has 8 nitrogen and oxygen atoms in total. The van der Waals surface area contributed by atoms with E-state index in [4.69, 9.17) is 27.8 Å². The number of piperidine rings is 1. The lowest BCUT2D eigenvalue weighted by Crippen LogP contribution is -2.51. The summed E-state index contributed by atoms with van der Waals surface area (Å²) in [7, 11) is 0. The Kier molecular flexibility index (Phi) is 7.94. The summed E-state index contributed by atoms with van der Waals surface area (Å²) >= 11 is 6.42. The number of aryl methyl sites for hydroxylation is 1. The van der Waals surface area contributed by atoms with Gasteiger partial charge in [-0.15, -0.1) is 0 Å². The summed E-state index contributed by atoms with van der Waals surface area (Å²) in [5, 5.41) is 3.10. The highest BCUT2D eigenvalue weighted by Gasteiger charge is 2.47. The summed E-state index contributed by atoms with van der Waals surface area (Å²) < 4.78 is 5.60. The van der Waals surface area contributed by atoms with Gasteiger partial charge in [0.15, 0.2) is 0 Å². The Morgan fingerprint density at radius 1 is 1.12 bits per heavy atom. The van der Waals surface area contributed by atoms with Gasteiger partial charge in [0.05, 0.1) is 12.5 Å². The van der Waals surface area contributed by atoms with Crippen molar-refractivity contribution >= 4 is 35.2 Å². The Labute approximate surface area is 198 Å². The molecule has 0 bridgehead atoms. The molecule has 2 aromatic carbocycles. The zero-order chi connectivity index (χ0) is 24.0. The van der Waals surface area contributed by atoms with Crippen LogP contribution in [0.4, 0.5) is 10.5 Å². The van der Waals surface area contributed by atoms with Gasteiger partial charge in [-0.05, 0) is 43.5 Å². The van der Waals surface area contributed by atoms with Crippen molar-refractivity contribution in [2.24, 2.45) is 16.9 Å². The monoisotopic (exact) mass is 472 g/mol. The molecule has 0 radical (unpaired) electrons. The van der Waals surface area contributed by atoms with E-state index >= 15 is 0 Å². The number of likely N-dealkylation sites (tertiary alicyclic amines) is 1. The van der Waals surface area contributed by atoms with Gasteiger partial charge >= 0.3 is 6.09 Å². The van der Waals surface area contributed by atoms with Gasteiger partial charge in [0.25, 0.3) is 0 Å². The van der Waals surface area contributed by atoms with Crippen LogP contribution in [-0.4, -0.2) is 49.0 Å². The van der Waals surface area contributed by atoms with Crippen LogP contribution in [0.3, 0.4) is 0 Å². The molecule has 0 spiro atoms. The summed E-state index contributed by atoms with van der Waals surface area (Å²) in [5.74, 6) is -1.53. The van der Waals surface area contributed by atoms with Gasteiger partial charge in [-0.1, -0.05) is 47.5 Å². The lowest BCUT2D eigenvalue weighted by atomic mass is 9.66. The minimum atomic E-state index is -0.827. The molecule has 33 heavy (non-hydrogen) atoms. The Morgan fingerprint density at radius 3 is 2.33 bits per heavy atom. The summed E-state index contributed by atoms with van der Waals surface area (Å²) in [5.41, 5.74) is 12.8. The fraction of sp³-hybridized carbons (Fsp3) is 0.375. The van der Waals surface area contributed by atoms with E-state index in [0.717, 1.165) is 5.56 Å². The molecule has 1 saturated heterocycles. The lowest BCUT2D eigenvalue weighted by Gasteiger charge is -2.45. The lowest BCUT2D eigenvalue weighted by molar-refractivity contribution is -0.134. The van der Waals surface area contributed by atoms with Crippen LogP contribution >= 0.6 is 11.6 Å².